The molecule has 114 valence electrons. The quantitative estimate of drug-likeness (QED) is 0.694. The number of nitrogens with zero attached hydrogens (tertiary/aromatic N) is 2. The summed E-state index contributed by atoms with van der Waals surface area (Å²) in [6, 6.07) is 12.2. The van der Waals surface area contributed by atoms with Gasteiger partial charge in [-0.1, -0.05) is 35.5 Å². The molecule has 2 heterocycles. The first-order valence-corrected chi connectivity index (χ1v) is 8.71. The zero-order valence-corrected chi connectivity index (χ0v) is 14.5. The van der Waals surface area contributed by atoms with Crippen molar-refractivity contribution in [3.8, 4) is 0 Å². The van der Waals surface area contributed by atoms with Crippen LogP contribution in [0.5, 0.6) is 0 Å². The molecule has 6 heteroatoms. The van der Waals surface area contributed by atoms with E-state index in [4.69, 9.17) is 4.52 Å². The molecule has 0 aliphatic carbocycles. The van der Waals surface area contributed by atoms with Crippen molar-refractivity contribution >= 4 is 27.3 Å². The zero-order valence-electron chi connectivity index (χ0n) is 12.1. The Morgan fingerprint density at radius 1 is 1.27 bits per heavy atom. The van der Waals surface area contributed by atoms with Crippen molar-refractivity contribution < 1.29 is 4.52 Å². The average Bonchev–Trinajstić information content (AvgIpc) is 3.15. The number of benzene rings is 1. The van der Waals surface area contributed by atoms with E-state index in [1.54, 1.807) is 11.3 Å². The van der Waals surface area contributed by atoms with Crippen LogP contribution in [-0.4, -0.2) is 10.1 Å². The predicted octanol–water partition coefficient (Wildman–Crippen LogP) is 4.34. The molecule has 0 saturated heterocycles. The second-order valence-corrected chi connectivity index (χ2v) is 6.86. The number of nitrogens with one attached hydrogen (secondary N) is 1. The molecule has 4 nitrogen and oxygen atoms in total. The Kier molecular flexibility index (Phi) is 5.02. The molecular formula is C16H16BrN3OS. The Hall–Kier alpha value is -1.50. The maximum atomic E-state index is 5.37. The molecule has 0 spiro atoms. The number of aromatic nitrogens is 2. The second kappa shape index (κ2) is 7.17. The van der Waals surface area contributed by atoms with E-state index in [1.165, 1.54) is 10.4 Å². The standard InChI is InChI=1S/C16H16BrN3OS/c1-11(18-10-14-13(17)7-8-22-14)16-19-15(20-21-16)9-12-5-3-2-4-6-12/h2-8,11,18H,9-10H2,1H3. The maximum absolute atomic E-state index is 5.37. The molecule has 3 rings (SSSR count). The van der Waals surface area contributed by atoms with Gasteiger partial charge in [0.2, 0.25) is 5.89 Å². The SMILES string of the molecule is CC(NCc1sccc1Br)c1nc(Cc2ccccc2)no1. The van der Waals surface area contributed by atoms with Gasteiger partial charge in [0.1, 0.15) is 0 Å². The molecule has 3 aromatic rings. The fraction of sp³-hybridized carbons (Fsp3) is 0.250. The largest absolute Gasteiger partial charge is 0.338 e. The molecule has 0 aliphatic heterocycles. The van der Waals surface area contributed by atoms with E-state index in [-0.39, 0.29) is 6.04 Å². The number of hydrogen-bond acceptors (Lipinski definition) is 5. The monoisotopic (exact) mass is 377 g/mol. The first-order valence-electron chi connectivity index (χ1n) is 7.04. The Bertz CT molecular complexity index is 726. The Labute approximate surface area is 141 Å². The van der Waals surface area contributed by atoms with Gasteiger partial charge in [0.05, 0.1) is 6.04 Å². The summed E-state index contributed by atoms with van der Waals surface area (Å²) >= 11 is 5.25. The van der Waals surface area contributed by atoms with Gasteiger partial charge >= 0.3 is 0 Å². The smallest absolute Gasteiger partial charge is 0.243 e. The van der Waals surface area contributed by atoms with E-state index in [9.17, 15) is 0 Å². The van der Waals surface area contributed by atoms with Crippen LogP contribution in [0.1, 0.15) is 35.1 Å². The van der Waals surface area contributed by atoms with Gasteiger partial charge < -0.3 is 9.84 Å². The lowest BCUT2D eigenvalue weighted by atomic mass is 10.1. The molecule has 0 amide bonds. The van der Waals surface area contributed by atoms with Crippen LogP contribution in [0, 0.1) is 0 Å². The van der Waals surface area contributed by atoms with E-state index in [2.05, 4.69) is 55.0 Å². The molecule has 1 unspecified atom stereocenters. The normalized spacial score (nSPS) is 12.5. The van der Waals surface area contributed by atoms with Gasteiger partial charge in [0.15, 0.2) is 5.82 Å². The first kappa shape index (κ1) is 15.4. The van der Waals surface area contributed by atoms with Gasteiger partial charge in [-0.05, 0) is 39.9 Å². The summed E-state index contributed by atoms with van der Waals surface area (Å²) < 4.78 is 6.50. The van der Waals surface area contributed by atoms with E-state index in [1.807, 2.05) is 25.1 Å². The molecule has 0 fully saturated rings. The second-order valence-electron chi connectivity index (χ2n) is 5.01. The predicted molar refractivity (Wildman–Crippen MR) is 90.8 cm³/mol. The Morgan fingerprint density at radius 3 is 2.82 bits per heavy atom. The fourth-order valence-corrected chi connectivity index (χ4v) is 3.52. The minimum Gasteiger partial charge on any atom is -0.338 e. The van der Waals surface area contributed by atoms with Crippen molar-refractivity contribution in [1.82, 2.24) is 15.5 Å². The van der Waals surface area contributed by atoms with Crippen LogP contribution in [0.2, 0.25) is 0 Å². The van der Waals surface area contributed by atoms with Crippen LogP contribution in [0.15, 0.2) is 50.8 Å². The van der Waals surface area contributed by atoms with Crippen LogP contribution in [0.25, 0.3) is 0 Å². The Morgan fingerprint density at radius 2 is 2.09 bits per heavy atom. The molecule has 2 aromatic heterocycles. The summed E-state index contributed by atoms with van der Waals surface area (Å²) in [7, 11) is 0. The molecular weight excluding hydrogens is 362 g/mol. The highest BCUT2D eigenvalue weighted by molar-refractivity contribution is 9.10. The summed E-state index contributed by atoms with van der Waals surface area (Å²) in [5.74, 6) is 1.34. The lowest BCUT2D eigenvalue weighted by molar-refractivity contribution is 0.336. The lowest BCUT2D eigenvalue weighted by Gasteiger charge is -2.08. The number of halogens is 1. The summed E-state index contributed by atoms with van der Waals surface area (Å²) in [6.07, 6.45) is 0.688. The van der Waals surface area contributed by atoms with E-state index in [0.29, 0.717) is 18.1 Å². The average molecular weight is 378 g/mol. The molecule has 1 atom stereocenters. The number of hydrogen-bond donors (Lipinski definition) is 1. The Balaban J connectivity index is 1.59. The maximum Gasteiger partial charge on any atom is 0.243 e. The molecule has 0 bridgehead atoms. The van der Waals surface area contributed by atoms with Gasteiger partial charge in [0, 0.05) is 22.3 Å². The molecule has 1 aromatic carbocycles. The summed E-state index contributed by atoms with van der Waals surface area (Å²) in [4.78, 5) is 5.74. The summed E-state index contributed by atoms with van der Waals surface area (Å²) in [6.45, 7) is 2.80. The van der Waals surface area contributed by atoms with E-state index in [0.717, 1.165) is 11.0 Å². The highest BCUT2D eigenvalue weighted by Crippen LogP contribution is 2.23. The van der Waals surface area contributed by atoms with Crippen LogP contribution in [-0.2, 0) is 13.0 Å². The van der Waals surface area contributed by atoms with Crippen LogP contribution in [0.4, 0.5) is 0 Å². The van der Waals surface area contributed by atoms with Crippen molar-refractivity contribution in [3.63, 3.8) is 0 Å². The summed E-state index contributed by atoms with van der Waals surface area (Å²) in [5, 5.41) is 9.53. The topological polar surface area (TPSA) is 51.0 Å². The van der Waals surface area contributed by atoms with Gasteiger partial charge in [-0.25, -0.2) is 0 Å². The van der Waals surface area contributed by atoms with Crippen molar-refractivity contribution in [2.75, 3.05) is 0 Å². The van der Waals surface area contributed by atoms with Crippen molar-refractivity contribution in [2.45, 2.75) is 25.9 Å². The van der Waals surface area contributed by atoms with Crippen LogP contribution in [0.3, 0.4) is 0 Å². The van der Waals surface area contributed by atoms with Crippen molar-refractivity contribution in [3.05, 3.63) is 68.4 Å². The third-order valence-corrected chi connectivity index (χ3v) is 5.25. The van der Waals surface area contributed by atoms with E-state index < -0.39 is 0 Å². The summed E-state index contributed by atoms with van der Waals surface area (Å²) in [5.41, 5.74) is 1.18. The van der Waals surface area contributed by atoms with Gasteiger partial charge in [0.25, 0.3) is 0 Å². The number of rotatable bonds is 6. The fourth-order valence-electron chi connectivity index (χ4n) is 2.08. The molecule has 0 saturated carbocycles. The van der Waals surface area contributed by atoms with Crippen molar-refractivity contribution in [1.29, 1.82) is 0 Å². The zero-order chi connectivity index (χ0) is 15.4. The minimum absolute atomic E-state index is 0.0195. The van der Waals surface area contributed by atoms with E-state index >= 15 is 0 Å². The third kappa shape index (κ3) is 3.82. The van der Waals surface area contributed by atoms with Crippen LogP contribution < -0.4 is 5.32 Å². The highest BCUT2D eigenvalue weighted by Gasteiger charge is 2.14. The third-order valence-electron chi connectivity index (χ3n) is 3.32. The lowest BCUT2D eigenvalue weighted by Crippen LogP contribution is -2.18. The molecule has 0 aliphatic rings. The molecule has 0 radical (unpaired) electrons. The van der Waals surface area contributed by atoms with Gasteiger partial charge in [-0.15, -0.1) is 11.3 Å². The van der Waals surface area contributed by atoms with Crippen molar-refractivity contribution in [2.24, 2.45) is 0 Å². The minimum atomic E-state index is 0.0195. The first-order chi connectivity index (χ1) is 10.7. The van der Waals surface area contributed by atoms with Gasteiger partial charge in [-0.3, -0.25) is 0 Å². The van der Waals surface area contributed by atoms with Crippen LogP contribution >= 0.6 is 27.3 Å². The molecule has 22 heavy (non-hydrogen) atoms. The van der Waals surface area contributed by atoms with Gasteiger partial charge in [-0.2, -0.15) is 4.98 Å². The number of thiophene rings is 1. The highest BCUT2D eigenvalue weighted by atomic mass is 79.9. The molecule has 1 N–H and O–H groups in total.